The fourth-order valence-electron chi connectivity index (χ4n) is 3.01. The van der Waals surface area contributed by atoms with E-state index in [1.54, 1.807) is 12.1 Å². The van der Waals surface area contributed by atoms with Crippen LogP contribution in [0.3, 0.4) is 0 Å². The number of nitrogens with one attached hydrogen (secondary N) is 1. The summed E-state index contributed by atoms with van der Waals surface area (Å²) in [5.74, 6) is -0.189. The van der Waals surface area contributed by atoms with Crippen LogP contribution in [0, 0.1) is 11.7 Å². The van der Waals surface area contributed by atoms with E-state index in [4.69, 9.17) is 0 Å². The molecule has 0 spiro atoms. The number of halogens is 1. The Morgan fingerprint density at radius 3 is 2.67 bits per heavy atom. The van der Waals surface area contributed by atoms with Crippen molar-refractivity contribution in [3.63, 3.8) is 0 Å². The zero-order chi connectivity index (χ0) is 17.4. The molecule has 1 amide bonds. The number of nitrogens with zero attached hydrogens (tertiary/aromatic N) is 1. The minimum Gasteiger partial charge on any atom is -0.392 e. The normalized spacial score (nSPS) is 17.4. The quantitative estimate of drug-likeness (QED) is 0.718. The van der Waals surface area contributed by atoms with Gasteiger partial charge in [-0.15, -0.1) is 6.58 Å². The first-order chi connectivity index (χ1) is 11.6. The fraction of sp³-hybridized carbons (Fsp3) is 0.526. The second-order valence-electron chi connectivity index (χ2n) is 6.44. The minimum atomic E-state index is -0.327. The molecule has 1 unspecified atom stereocenters. The Kier molecular flexibility index (Phi) is 7.40. The summed E-state index contributed by atoms with van der Waals surface area (Å²) in [6, 6.07) is 6.17. The van der Waals surface area contributed by atoms with Gasteiger partial charge in [0, 0.05) is 19.0 Å². The van der Waals surface area contributed by atoms with E-state index >= 15 is 0 Å². The highest BCUT2D eigenvalue weighted by Gasteiger charge is 2.25. The van der Waals surface area contributed by atoms with Crippen LogP contribution in [0.5, 0.6) is 0 Å². The van der Waals surface area contributed by atoms with Crippen molar-refractivity contribution < 1.29 is 14.3 Å². The Labute approximate surface area is 143 Å². The van der Waals surface area contributed by atoms with Crippen molar-refractivity contribution in [1.29, 1.82) is 0 Å². The molecule has 1 atom stereocenters. The van der Waals surface area contributed by atoms with E-state index in [9.17, 15) is 14.3 Å². The summed E-state index contributed by atoms with van der Waals surface area (Å²) in [5.41, 5.74) is 0.896. The number of aliphatic hydroxyl groups is 1. The summed E-state index contributed by atoms with van der Waals surface area (Å²) < 4.78 is 12.9. The number of piperidine rings is 1. The number of benzene rings is 1. The van der Waals surface area contributed by atoms with E-state index in [0.29, 0.717) is 13.1 Å². The van der Waals surface area contributed by atoms with Crippen LogP contribution < -0.4 is 5.32 Å². The fourth-order valence-corrected chi connectivity index (χ4v) is 3.01. The van der Waals surface area contributed by atoms with Crippen molar-refractivity contribution in [3.05, 3.63) is 48.3 Å². The van der Waals surface area contributed by atoms with Crippen LogP contribution in [0.1, 0.15) is 31.2 Å². The molecular formula is C19H27FN2O2. The average molecular weight is 334 g/mol. The van der Waals surface area contributed by atoms with Crippen molar-refractivity contribution in [1.82, 2.24) is 10.2 Å². The number of rotatable bonds is 8. The molecule has 0 radical (unpaired) electrons. The lowest BCUT2D eigenvalue weighted by Crippen LogP contribution is -2.42. The Balaban J connectivity index is 1.68. The highest BCUT2D eigenvalue weighted by Crippen LogP contribution is 2.18. The summed E-state index contributed by atoms with van der Waals surface area (Å²) in [6.07, 6.45) is 4.67. The van der Waals surface area contributed by atoms with Gasteiger partial charge in [0.05, 0.1) is 6.10 Å². The molecule has 1 heterocycles. The van der Waals surface area contributed by atoms with Gasteiger partial charge in [-0.05, 0) is 56.5 Å². The molecule has 1 fully saturated rings. The Morgan fingerprint density at radius 1 is 1.38 bits per heavy atom. The maximum Gasteiger partial charge on any atom is 0.223 e. The van der Waals surface area contributed by atoms with Crippen LogP contribution >= 0.6 is 0 Å². The maximum absolute atomic E-state index is 12.9. The van der Waals surface area contributed by atoms with Gasteiger partial charge in [-0.3, -0.25) is 4.79 Å². The van der Waals surface area contributed by atoms with Gasteiger partial charge in [-0.2, -0.15) is 0 Å². The summed E-state index contributed by atoms with van der Waals surface area (Å²) in [5, 5.41) is 12.9. The lowest BCUT2D eigenvalue weighted by Gasteiger charge is -2.32. The first-order valence-electron chi connectivity index (χ1n) is 8.62. The minimum absolute atomic E-state index is 0.0204. The molecule has 1 aliphatic heterocycles. The SMILES string of the molecule is C=CCCC(O)CN1CCC(C(=O)NCc2ccc(F)cc2)CC1. The molecule has 4 nitrogen and oxygen atoms in total. The van der Waals surface area contributed by atoms with E-state index in [-0.39, 0.29) is 23.7 Å². The van der Waals surface area contributed by atoms with Crippen LogP contribution in [-0.2, 0) is 11.3 Å². The first-order valence-corrected chi connectivity index (χ1v) is 8.62. The van der Waals surface area contributed by atoms with Crippen molar-refractivity contribution in [2.45, 2.75) is 38.3 Å². The number of hydrogen-bond acceptors (Lipinski definition) is 3. The van der Waals surface area contributed by atoms with Gasteiger partial charge in [0.2, 0.25) is 5.91 Å². The highest BCUT2D eigenvalue weighted by molar-refractivity contribution is 5.78. The van der Waals surface area contributed by atoms with Crippen molar-refractivity contribution in [2.75, 3.05) is 19.6 Å². The van der Waals surface area contributed by atoms with Crippen molar-refractivity contribution in [3.8, 4) is 0 Å². The molecule has 132 valence electrons. The lowest BCUT2D eigenvalue weighted by molar-refractivity contribution is -0.126. The van der Waals surface area contributed by atoms with E-state index in [2.05, 4.69) is 16.8 Å². The van der Waals surface area contributed by atoms with Crippen LogP contribution in [0.2, 0.25) is 0 Å². The predicted molar refractivity (Wildman–Crippen MR) is 92.8 cm³/mol. The molecule has 2 rings (SSSR count). The topological polar surface area (TPSA) is 52.6 Å². The molecule has 1 aromatic rings. The molecule has 1 aromatic carbocycles. The second-order valence-corrected chi connectivity index (χ2v) is 6.44. The number of hydrogen-bond donors (Lipinski definition) is 2. The average Bonchev–Trinajstić information content (AvgIpc) is 2.60. The van der Waals surface area contributed by atoms with E-state index in [0.717, 1.165) is 44.3 Å². The first kappa shape index (κ1) is 18.6. The number of allylic oxidation sites excluding steroid dienone is 1. The third-order valence-electron chi connectivity index (χ3n) is 4.51. The van der Waals surface area contributed by atoms with Gasteiger partial charge >= 0.3 is 0 Å². The van der Waals surface area contributed by atoms with E-state index in [1.807, 2.05) is 6.08 Å². The zero-order valence-electron chi connectivity index (χ0n) is 14.1. The third kappa shape index (κ3) is 6.06. The Hall–Kier alpha value is -1.72. The van der Waals surface area contributed by atoms with Gasteiger partial charge in [0.15, 0.2) is 0 Å². The van der Waals surface area contributed by atoms with Crippen LogP contribution in [0.4, 0.5) is 4.39 Å². The highest BCUT2D eigenvalue weighted by atomic mass is 19.1. The predicted octanol–water partition coefficient (Wildman–Crippen LogP) is 2.48. The number of likely N-dealkylation sites (tertiary alicyclic amines) is 1. The molecule has 0 bridgehead atoms. The van der Waals surface area contributed by atoms with Gasteiger partial charge < -0.3 is 15.3 Å². The van der Waals surface area contributed by atoms with Crippen molar-refractivity contribution >= 4 is 5.91 Å². The molecule has 2 N–H and O–H groups in total. The van der Waals surface area contributed by atoms with Gasteiger partial charge in [0.25, 0.3) is 0 Å². The number of carbonyl (C=O) groups is 1. The summed E-state index contributed by atoms with van der Waals surface area (Å²) in [6.45, 7) is 6.43. The smallest absolute Gasteiger partial charge is 0.223 e. The zero-order valence-corrected chi connectivity index (χ0v) is 14.1. The number of β-amino-alcohol motifs (C(OH)–C–C–N with tert-alkyl or cyclic N) is 1. The van der Waals surface area contributed by atoms with E-state index in [1.165, 1.54) is 12.1 Å². The van der Waals surface area contributed by atoms with Crippen LogP contribution in [0.25, 0.3) is 0 Å². The molecule has 0 saturated carbocycles. The molecular weight excluding hydrogens is 307 g/mol. The maximum atomic E-state index is 12.9. The number of amides is 1. The van der Waals surface area contributed by atoms with E-state index < -0.39 is 0 Å². The Morgan fingerprint density at radius 2 is 2.04 bits per heavy atom. The standard InChI is InChI=1S/C19H27FN2O2/c1-2-3-4-18(23)14-22-11-9-16(10-12-22)19(24)21-13-15-5-7-17(20)8-6-15/h2,5-8,16,18,23H,1,3-4,9-14H2,(H,21,24). The van der Waals surface area contributed by atoms with Crippen LogP contribution in [-0.4, -0.2) is 41.7 Å². The molecule has 0 aliphatic carbocycles. The Bertz CT molecular complexity index is 525. The third-order valence-corrected chi connectivity index (χ3v) is 4.51. The van der Waals surface area contributed by atoms with Crippen molar-refractivity contribution in [2.24, 2.45) is 5.92 Å². The summed E-state index contributed by atoms with van der Waals surface area (Å²) >= 11 is 0. The lowest BCUT2D eigenvalue weighted by atomic mass is 9.95. The van der Waals surface area contributed by atoms with Gasteiger partial charge in [0.1, 0.15) is 5.82 Å². The monoisotopic (exact) mass is 334 g/mol. The molecule has 24 heavy (non-hydrogen) atoms. The summed E-state index contributed by atoms with van der Waals surface area (Å²) in [4.78, 5) is 14.5. The molecule has 5 heteroatoms. The number of carbonyl (C=O) groups excluding carboxylic acids is 1. The summed E-state index contributed by atoms with van der Waals surface area (Å²) in [7, 11) is 0. The largest absolute Gasteiger partial charge is 0.392 e. The van der Waals surface area contributed by atoms with Crippen LogP contribution in [0.15, 0.2) is 36.9 Å². The number of aliphatic hydroxyl groups excluding tert-OH is 1. The van der Waals surface area contributed by atoms with Gasteiger partial charge in [-0.25, -0.2) is 4.39 Å². The molecule has 0 aromatic heterocycles. The van der Waals surface area contributed by atoms with Gasteiger partial charge in [-0.1, -0.05) is 18.2 Å². The molecule has 1 saturated heterocycles. The molecule has 1 aliphatic rings. The second kappa shape index (κ2) is 9.55.